The highest BCUT2D eigenvalue weighted by Gasteiger charge is 2.29. The van der Waals surface area contributed by atoms with Crippen LogP contribution >= 0.6 is 0 Å². The molecule has 110 valence electrons. The molecule has 0 fully saturated rings. The van der Waals surface area contributed by atoms with Crippen molar-refractivity contribution in [1.29, 1.82) is 0 Å². The standard InChI is InChI=1S/C16H30N2O/c1-6-8-10-12-16(4,11-9-7-2)18-15(19-5)13-14(3)17-18/h13H,6-12H2,1-5H3. The molecule has 0 amide bonds. The Morgan fingerprint density at radius 3 is 2.37 bits per heavy atom. The zero-order chi connectivity index (χ0) is 14.3. The molecule has 0 aliphatic rings. The third-order valence-corrected chi connectivity index (χ3v) is 3.91. The van der Waals surface area contributed by atoms with Gasteiger partial charge in [-0.05, 0) is 26.7 Å². The zero-order valence-corrected chi connectivity index (χ0v) is 13.3. The summed E-state index contributed by atoms with van der Waals surface area (Å²) in [7, 11) is 1.74. The van der Waals surface area contributed by atoms with Gasteiger partial charge in [0, 0.05) is 6.07 Å². The van der Waals surface area contributed by atoms with Crippen molar-refractivity contribution in [2.45, 2.75) is 78.2 Å². The Bertz CT molecular complexity index is 373. The van der Waals surface area contributed by atoms with E-state index in [9.17, 15) is 0 Å². The van der Waals surface area contributed by atoms with E-state index in [0.29, 0.717) is 0 Å². The SMILES string of the molecule is CCCCCC(C)(CCCC)n1nc(C)cc1OC. The predicted molar refractivity (Wildman–Crippen MR) is 80.8 cm³/mol. The lowest BCUT2D eigenvalue weighted by Crippen LogP contribution is -2.31. The quantitative estimate of drug-likeness (QED) is 0.606. The lowest BCUT2D eigenvalue weighted by Gasteiger charge is -2.31. The minimum absolute atomic E-state index is 0.0881. The fraction of sp³-hybridized carbons (Fsp3) is 0.812. The molecule has 0 bridgehead atoms. The summed E-state index contributed by atoms with van der Waals surface area (Å²) in [5, 5.41) is 4.68. The van der Waals surface area contributed by atoms with Crippen LogP contribution in [0.3, 0.4) is 0 Å². The Kier molecular flexibility index (Phi) is 6.40. The smallest absolute Gasteiger partial charge is 0.212 e. The molecule has 0 N–H and O–H groups in total. The highest BCUT2D eigenvalue weighted by molar-refractivity contribution is 5.17. The van der Waals surface area contributed by atoms with Gasteiger partial charge < -0.3 is 4.74 Å². The average molecular weight is 266 g/mol. The van der Waals surface area contributed by atoms with Gasteiger partial charge in [-0.15, -0.1) is 0 Å². The van der Waals surface area contributed by atoms with Gasteiger partial charge in [-0.25, -0.2) is 4.68 Å². The number of rotatable bonds is 9. The summed E-state index contributed by atoms with van der Waals surface area (Å²) in [6, 6.07) is 2.03. The Morgan fingerprint density at radius 1 is 1.16 bits per heavy atom. The van der Waals surface area contributed by atoms with Crippen LogP contribution in [0.1, 0.15) is 71.4 Å². The van der Waals surface area contributed by atoms with Crippen LogP contribution in [0.15, 0.2) is 6.07 Å². The number of aromatic nitrogens is 2. The summed E-state index contributed by atoms with van der Waals surface area (Å²) in [5.41, 5.74) is 1.13. The number of hydrogen-bond acceptors (Lipinski definition) is 2. The zero-order valence-electron chi connectivity index (χ0n) is 13.3. The van der Waals surface area contributed by atoms with E-state index in [4.69, 9.17) is 4.74 Å². The van der Waals surface area contributed by atoms with Crippen LogP contribution in [-0.2, 0) is 5.54 Å². The van der Waals surface area contributed by atoms with Crippen molar-refractivity contribution in [3.63, 3.8) is 0 Å². The molecular weight excluding hydrogens is 236 g/mol. The number of unbranched alkanes of at least 4 members (excludes halogenated alkanes) is 3. The molecule has 0 saturated heterocycles. The van der Waals surface area contributed by atoms with Gasteiger partial charge in [-0.1, -0.05) is 46.0 Å². The first-order valence-corrected chi connectivity index (χ1v) is 7.68. The fourth-order valence-electron chi connectivity index (χ4n) is 2.66. The molecule has 3 nitrogen and oxygen atoms in total. The van der Waals surface area contributed by atoms with E-state index >= 15 is 0 Å². The Hall–Kier alpha value is -0.990. The van der Waals surface area contributed by atoms with E-state index in [2.05, 4.69) is 30.6 Å². The van der Waals surface area contributed by atoms with Gasteiger partial charge >= 0.3 is 0 Å². The Balaban J connectivity index is 2.92. The van der Waals surface area contributed by atoms with Gasteiger partial charge in [0.2, 0.25) is 5.88 Å². The molecule has 0 aliphatic heterocycles. The number of nitrogens with zero attached hydrogens (tertiary/aromatic N) is 2. The van der Waals surface area contributed by atoms with Crippen molar-refractivity contribution in [2.75, 3.05) is 7.11 Å². The lowest BCUT2D eigenvalue weighted by atomic mass is 9.89. The van der Waals surface area contributed by atoms with Gasteiger partial charge in [-0.2, -0.15) is 5.10 Å². The third kappa shape index (κ3) is 4.26. The van der Waals surface area contributed by atoms with E-state index in [1.807, 2.05) is 13.0 Å². The average Bonchev–Trinajstić information content (AvgIpc) is 2.79. The largest absolute Gasteiger partial charge is 0.481 e. The van der Waals surface area contributed by atoms with Crippen molar-refractivity contribution in [3.05, 3.63) is 11.8 Å². The molecule has 0 radical (unpaired) electrons. The minimum Gasteiger partial charge on any atom is -0.481 e. The van der Waals surface area contributed by atoms with Crippen molar-refractivity contribution in [3.8, 4) is 5.88 Å². The van der Waals surface area contributed by atoms with Gasteiger partial charge in [0.15, 0.2) is 0 Å². The van der Waals surface area contributed by atoms with E-state index in [0.717, 1.165) is 11.6 Å². The Morgan fingerprint density at radius 2 is 1.79 bits per heavy atom. The molecule has 19 heavy (non-hydrogen) atoms. The van der Waals surface area contributed by atoms with Crippen LogP contribution in [-0.4, -0.2) is 16.9 Å². The predicted octanol–water partition coefficient (Wildman–Crippen LogP) is 4.69. The first-order chi connectivity index (χ1) is 9.07. The second-order valence-corrected chi connectivity index (χ2v) is 5.80. The van der Waals surface area contributed by atoms with Crippen LogP contribution in [0.2, 0.25) is 0 Å². The van der Waals surface area contributed by atoms with E-state index in [1.165, 1.54) is 44.9 Å². The van der Waals surface area contributed by atoms with Crippen LogP contribution in [0.25, 0.3) is 0 Å². The second kappa shape index (κ2) is 7.56. The maximum atomic E-state index is 5.50. The number of hydrogen-bond donors (Lipinski definition) is 0. The van der Waals surface area contributed by atoms with Crippen LogP contribution in [0.4, 0.5) is 0 Å². The molecule has 1 atom stereocenters. The van der Waals surface area contributed by atoms with Gasteiger partial charge in [0.25, 0.3) is 0 Å². The highest BCUT2D eigenvalue weighted by Crippen LogP contribution is 2.33. The van der Waals surface area contributed by atoms with E-state index in [-0.39, 0.29) is 5.54 Å². The number of aryl methyl sites for hydroxylation is 1. The van der Waals surface area contributed by atoms with Crippen LogP contribution in [0.5, 0.6) is 5.88 Å². The third-order valence-electron chi connectivity index (χ3n) is 3.91. The highest BCUT2D eigenvalue weighted by atomic mass is 16.5. The van der Waals surface area contributed by atoms with Crippen molar-refractivity contribution in [1.82, 2.24) is 9.78 Å². The maximum Gasteiger partial charge on any atom is 0.212 e. The lowest BCUT2D eigenvalue weighted by molar-refractivity contribution is 0.200. The minimum atomic E-state index is 0.0881. The first kappa shape index (κ1) is 16.1. The number of methoxy groups -OCH3 is 1. The normalized spacial score (nSPS) is 14.4. The van der Waals surface area contributed by atoms with Crippen molar-refractivity contribution in [2.24, 2.45) is 0 Å². The summed E-state index contributed by atoms with van der Waals surface area (Å²) in [4.78, 5) is 0. The van der Waals surface area contributed by atoms with Crippen molar-refractivity contribution < 1.29 is 4.74 Å². The van der Waals surface area contributed by atoms with Crippen LogP contribution in [0, 0.1) is 6.92 Å². The maximum absolute atomic E-state index is 5.50. The number of ether oxygens (including phenoxy) is 1. The van der Waals surface area contributed by atoms with Gasteiger partial charge in [-0.3, -0.25) is 0 Å². The molecule has 0 spiro atoms. The molecule has 1 aromatic heterocycles. The topological polar surface area (TPSA) is 27.1 Å². The molecular formula is C16H30N2O. The van der Waals surface area contributed by atoms with E-state index in [1.54, 1.807) is 7.11 Å². The van der Waals surface area contributed by atoms with Crippen molar-refractivity contribution >= 4 is 0 Å². The van der Waals surface area contributed by atoms with E-state index < -0.39 is 0 Å². The molecule has 1 unspecified atom stereocenters. The fourth-order valence-corrected chi connectivity index (χ4v) is 2.66. The summed E-state index contributed by atoms with van der Waals surface area (Å²) >= 11 is 0. The molecule has 0 saturated carbocycles. The molecule has 1 rings (SSSR count). The summed E-state index contributed by atoms with van der Waals surface area (Å²) in [6.45, 7) is 8.86. The summed E-state index contributed by atoms with van der Waals surface area (Å²) in [5.74, 6) is 0.896. The monoisotopic (exact) mass is 266 g/mol. The molecule has 3 heteroatoms. The molecule has 0 aromatic carbocycles. The Labute approximate surface area is 118 Å². The second-order valence-electron chi connectivity index (χ2n) is 5.80. The molecule has 0 aliphatic carbocycles. The first-order valence-electron chi connectivity index (χ1n) is 7.68. The molecule has 1 heterocycles. The van der Waals surface area contributed by atoms with Gasteiger partial charge in [0.1, 0.15) is 0 Å². The van der Waals surface area contributed by atoms with Crippen LogP contribution < -0.4 is 4.74 Å². The van der Waals surface area contributed by atoms with Gasteiger partial charge in [0.05, 0.1) is 18.3 Å². The summed E-state index contributed by atoms with van der Waals surface area (Å²) < 4.78 is 7.62. The summed E-state index contributed by atoms with van der Waals surface area (Å²) in [6.07, 6.45) is 8.64. The molecule has 1 aromatic rings.